The molecule has 1 aromatic rings. The lowest BCUT2D eigenvalue weighted by molar-refractivity contribution is -0.131. The molecule has 2 aliphatic rings. The molecule has 2 saturated heterocycles. The molecular formula is C14H17ClN2O3S. The van der Waals surface area contributed by atoms with Gasteiger partial charge in [0.1, 0.15) is 10.4 Å². The van der Waals surface area contributed by atoms with E-state index < -0.39 is 15.6 Å². The topological polar surface area (TPSA) is 66.5 Å². The number of piperidine rings is 1. The minimum Gasteiger partial charge on any atom is -0.354 e. The van der Waals surface area contributed by atoms with Crippen molar-refractivity contribution in [2.75, 3.05) is 13.1 Å². The molecule has 1 unspecified atom stereocenters. The molecule has 3 rings (SSSR count). The predicted molar refractivity (Wildman–Crippen MR) is 79.6 cm³/mol. The van der Waals surface area contributed by atoms with Crippen molar-refractivity contribution >= 4 is 27.5 Å². The van der Waals surface area contributed by atoms with Gasteiger partial charge in [-0.05, 0) is 37.8 Å². The molecule has 0 radical (unpaired) electrons. The van der Waals surface area contributed by atoms with E-state index in [1.807, 2.05) is 0 Å². The third-order valence-electron chi connectivity index (χ3n) is 4.31. The van der Waals surface area contributed by atoms with E-state index in [0.717, 1.165) is 6.42 Å². The number of sulfonamides is 1. The van der Waals surface area contributed by atoms with Crippen molar-refractivity contribution < 1.29 is 13.2 Å². The van der Waals surface area contributed by atoms with E-state index in [4.69, 9.17) is 11.6 Å². The third kappa shape index (κ3) is 2.25. The van der Waals surface area contributed by atoms with Gasteiger partial charge in [0.2, 0.25) is 15.9 Å². The van der Waals surface area contributed by atoms with Gasteiger partial charge in [0.25, 0.3) is 0 Å². The lowest BCUT2D eigenvalue weighted by Gasteiger charge is -2.39. The first-order valence-corrected chi connectivity index (χ1v) is 8.86. The van der Waals surface area contributed by atoms with Crippen molar-refractivity contribution in [1.82, 2.24) is 9.62 Å². The summed E-state index contributed by atoms with van der Waals surface area (Å²) in [7, 11) is -3.77. The monoisotopic (exact) mass is 328 g/mol. The maximum atomic E-state index is 12.9. The highest BCUT2D eigenvalue weighted by molar-refractivity contribution is 7.89. The van der Waals surface area contributed by atoms with Gasteiger partial charge in [-0.2, -0.15) is 4.31 Å². The Balaban J connectivity index is 2.06. The first kappa shape index (κ1) is 14.8. The van der Waals surface area contributed by atoms with Crippen LogP contribution < -0.4 is 5.32 Å². The van der Waals surface area contributed by atoms with Gasteiger partial charge < -0.3 is 5.32 Å². The SMILES string of the molecule is O=C1NCCCC12CCCN2S(=O)(=O)c1ccccc1Cl. The standard InChI is InChI=1S/C14H17ClN2O3S/c15-11-5-1-2-6-12(11)21(19,20)17-10-4-8-14(17)7-3-9-16-13(14)18/h1-2,5-6H,3-4,7-10H2,(H,16,18). The van der Waals surface area contributed by atoms with Crippen molar-refractivity contribution in [3.63, 3.8) is 0 Å². The molecule has 0 saturated carbocycles. The Morgan fingerprint density at radius 3 is 2.62 bits per heavy atom. The molecule has 0 bridgehead atoms. The minimum absolute atomic E-state index is 0.0753. The van der Waals surface area contributed by atoms with Crippen LogP contribution in [0.15, 0.2) is 29.2 Å². The van der Waals surface area contributed by atoms with Crippen LogP contribution in [0.25, 0.3) is 0 Å². The van der Waals surface area contributed by atoms with Crippen molar-refractivity contribution in [2.24, 2.45) is 0 Å². The number of carbonyl (C=O) groups excluding carboxylic acids is 1. The predicted octanol–water partition coefficient (Wildman–Crippen LogP) is 1.77. The zero-order valence-electron chi connectivity index (χ0n) is 11.5. The molecule has 1 amide bonds. The average Bonchev–Trinajstić information content (AvgIpc) is 2.88. The van der Waals surface area contributed by atoms with E-state index in [1.165, 1.54) is 10.4 Å². The molecule has 21 heavy (non-hydrogen) atoms. The van der Waals surface area contributed by atoms with Gasteiger partial charge in [-0.3, -0.25) is 4.79 Å². The lowest BCUT2D eigenvalue weighted by Crippen LogP contribution is -2.60. The molecule has 1 atom stereocenters. The van der Waals surface area contributed by atoms with Gasteiger partial charge in [0.05, 0.1) is 5.02 Å². The van der Waals surface area contributed by atoms with Gasteiger partial charge in [-0.25, -0.2) is 8.42 Å². The van der Waals surface area contributed by atoms with Crippen molar-refractivity contribution in [1.29, 1.82) is 0 Å². The molecular weight excluding hydrogens is 312 g/mol. The maximum absolute atomic E-state index is 12.9. The van der Waals surface area contributed by atoms with Crippen LogP contribution in [-0.2, 0) is 14.8 Å². The fraction of sp³-hybridized carbons (Fsp3) is 0.500. The highest BCUT2D eigenvalue weighted by Crippen LogP contribution is 2.40. The van der Waals surface area contributed by atoms with E-state index in [-0.39, 0.29) is 15.8 Å². The van der Waals surface area contributed by atoms with Gasteiger partial charge in [-0.15, -0.1) is 0 Å². The Bertz CT molecular complexity index is 677. The summed E-state index contributed by atoms with van der Waals surface area (Å²) < 4.78 is 27.2. The van der Waals surface area contributed by atoms with Gasteiger partial charge >= 0.3 is 0 Å². The summed E-state index contributed by atoms with van der Waals surface area (Å²) in [5, 5.41) is 3.00. The largest absolute Gasteiger partial charge is 0.354 e. The molecule has 7 heteroatoms. The van der Waals surface area contributed by atoms with Crippen LogP contribution in [0.5, 0.6) is 0 Å². The van der Waals surface area contributed by atoms with Crippen molar-refractivity contribution in [2.45, 2.75) is 36.1 Å². The summed E-state index contributed by atoms with van der Waals surface area (Å²) >= 11 is 6.04. The number of hydrogen-bond donors (Lipinski definition) is 1. The highest BCUT2D eigenvalue weighted by atomic mass is 35.5. The Hall–Kier alpha value is -1.11. The Morgan fingerprint density at radius 1 is 1.19 bits per heavy atom. The molecule has 1 spiro atoms. The number of amides is 1. The molecule has 2 aliphatic heterocycles. The molecule has 0 aliphatic carbocycles. The first-order valence-electron chi connectivity index (χ1n) is 7.04. The van der Waals surface area contributed by atoms with Crippen LogP contribution in [0.4, 0.5) is 0 Å². The van der Waals surface area contributed by atoms with Crippen LogP contribution in [0, 0.1) is 0 Å². The number of rotatable bonds is 2. The third-order valence-corrected chi connectivity index (χ3v) is 6.77. The highest BCUT2D eigenvalue weighted by Gasteiger charge is 2.53. The fourth-order valence-corrected chi connectivity index (χ4v) is 5.64. The quantitative estimate of drug-likeness (QED) is 0.899. The molecule has 1 N–H and O–H groups in total. The van der Waals surface area contributed by atoms with Gasteiger partial charge in [0, 0.05) is 13.1 Å². The first-order chi connectivity index (χ1) is 9.98. The summed E-state index contributed by atoms with van der Waals surface area (Å²) in [5.74, 6) is -0.179. The molecule has 2 fully saturated rings. The summed E-state index contributed by atoms with van der Waals surface area (Å²) in [6.45, 7) is 0.974. The average molecular weight is 329 g/mol. The van der Waals surface area contributed by atoms with Gasteiger partial charge in [-0.1, -0.05) is 23.7 Å². The summed E-state index contributed by atoms with van der Waals surface area (Å²) in [5.41, 5.74) is -0.934. The summed E-state index contributed by atoms with van der Waals surface area (Å²) in [6, 6.07) is 6.37. The van der Waals surface area contributed by atoms with E-state index in [2.05, 4.69) is 5.32 Å². The zero-order chi connectivity index (χ0) is 15.1. The normalized spacial score (nSPS) is 27.0. The zero-order valence-corrected chi connectivity index (χ0v) is 13.1. The Labute approximate surface area is 129 Å². The van der Waals surface area contributed by atoms with E-state index in [9.17, 15) is 13.2 Å². The van der Waals surface area contributed by atoms with E-state index >= 15 is 0 Å². The fourth-order valence-electron chi connectivity index (χ4n) is 3.31. The molecule has 5 nitrogen and oxygen atoms in total. The second-order valence-corrected chi connectivity index (χ2v) is 7.74. The number of benzene rings is 1. The smallest absolute Gasteiger partial charge is 0.245 e. The lowest BCUT2D eigenvalue weighted by atomic mass is 9.88. The minimum atomic E-state index is -3.77. The molecule has 114 valence electrons. The van der Waals surface area contributed by atoms with Gasteiger partial charge in [0.15, 0.2) is 0 Å². The number of carbonyl (C=O) groups is 1. The van der Waals surface area contributed by atoms with E-state index in [1.54, 1.807) is 18.2 Å². The summed E-state index contributed by atoms with van der Waals surface area (Å²) in [4.78, 5) is 12.4. The Kier molecular flexibility index (Phi) is 3.71. The second-order valence-electron chi connectivity index (χ2n) is 5.50. The number of halogens is 1. The van der Waals surface area contributed by atoms with Crippen molar-refractivity contribution in [3.8, 4) is 0 Å². The summed E-state index contributed by atoms with van der Waals surface area (Å²) in [6.07, 6.45) is 2.63. The molecule has 2 heterocycles. The molecule has 1 aromatic carbocycles. The van der Waals surface area contributed by atoms with Crippen molar-refractivity contribution in [3.05, 3.63) is 29.3 Å². The van der Waals surface area contributed by atoms with Crippen LogP contribution in [-0.4, -0.2) is 37.3 Å². The van der Waals surface area contributed by atoms with E-state index in [0.29, 0.717) is 32.4 Å². The number of hydrogen-bond acceptors (Lipinski definition) is 3. The Morgan fingerprint density at radius 2 is 1.90 bits per heavy atom. The molecule has 0 aromatic heterocycles. The number of nitrogens with one attached hydrogen (secondary N) is 1. The van der Waals surface area contributed by atoms with Crippen LogP contribution in [0.1, 0.15) is 25.7 Å². The van der Waals surface area contributed by atoms with Crippen LogP contribution in [0.2, 0.25) is 5.02 Å². The number of nitrogens with zero attached hydrogens (tertiary/aromatic N) is 1. The van der Waals surface area contributed by atoms with Crippen LogP contribution >= 0.6 is 11.6 Å². The maximum Gasteiger partial charge on any atom is 0.245 e. The second kappa shape index (κ2) is 5.26. The van der Waals surface area contributed by atoms with Crippen LogP contribution in [0.3, 0.4) is 0 Å².